The lowest BCUT2D eigenvalue weighted by Gasteiger charge is -2.03. The zero-order valence-electron chi connectivity index (χ0n) is 12.9. The van der Waals surface area contributed by atoms with Crippen molar-refractivity contribution in [1.29, 1.82) is 0 Å². The van der Waals surface area contributed by atoms with E-state index in [0.29, 0.717) is 11.8 Å². The minimum Gasteiger partial charge on any atom is -0.508 e. The summed E-state index contributed by atoms with van der Waals surface area (Å²) in [5.74, 6) is 0.450. The third-order valence-corrected chi connectivity index (χ3v) is 2.79. The van der Waals surface area contributed by atoms with Crippen molar-refractivity contribution in [2.24, 2.45) is 5.73 Å². The standard InChI is InChI=1S/C14H22O.C3H9N/c1-2-3-4-5-6-7-10-13-11-8-9-12-14(13)15;1-3(2)4/h8-9,11-12,15H,2-7,10H2,1H3;3H,4H2,1-2H3. The molecule has 0 saturated carbocycles. The fourth-order valence-electron chi connectivity index (χ4n) is 1.82. The van der Waals surface area contributed by atoms with Gasteiger partial charge in [0.2, 0.25) is 0 Å². The number of aromatic hydroxyl groups is 1. The molecule has 0 radical (unpaired) electrons. The molecule has 0 aromatic heterocycles. The van der Waals surface area contributed by atoms with Gasteiger partial charge in [-0.3, -0.25) is 0 Å². The number of para-hydroxylation sites is 1. The third-order valence-electron chi connectivity index (χ3n) is 2.79. The summed E-state index contributed by atoms with van der Waals surface area (Å²) >= 11 is 0. The van der Waals surface area contributed by atoms with Crippen LogP contribution in [0.25, 0.3) is 0 Å². The number of nitrogens with two attached hydrogens (primary N) is 1. The molecule has 0 unspecified atom stereocenters. The van der Waals surface area contributed by atoms with E-state index in [2.05, 4.69) is 6.92 Å². The highest BCUT2D eigenvalue weighted by atomic mass is 16.3. The first-order chi connectivity index (χ1) is 9.07. The van der Waals surface area contributed by atoms with Gasteiger partial charge in [0.05, 0.1) is 0 Å². The second-order valence-electron chi connectivity index (χ2n) is 5.39. The van der Waals surface area contributed by atoms with Crippen LogP contribution in [0.3, 0.4) is 0 Å². The van der Waals surface area contributed by atoms with Gasteiger partial charge in [-0.2, -0.15) is 0 Å². The molecule has 0 heterocycles. The van der Waals surface area contributed by atoms with E-state index in [1.165, 1.54) is 38.5 Å². The first-order valence-electron chi connectivity index (χ1n) is 7.60. The van der Waals surface area contributed by atoms with Crippen LogP contribution in [-0.2, 0) is 6.42 Å². The van der Waals surface area contributed by atoms with E-state index in [-0.39, 0.29) is 0 Å². The number of hydrogen-bond acceptors (Lipinski definition) is 2. The van der Waals surface area contributed by atoms with Crippen molar-refractivity contribution in [3.05, 3.63) is 29.8 Å². The molecular weight excluding hydrogens is 234 g/mol. The Hall–Kier alpha value is -1.02. The molecule has 0 aliphatic rings. The van der Waals surface area contributed by atoms with Gasteiger partial charge in [-0.25, -0.2) is 0 Å². The highest BCUT2D eigenvalue weighted by Crippen LogP contribution is 2.18. The Balaban J connectivity index is 0.000000711. The van der Waals surface area contributed by atoms with Crippen LogP contribution in [0.2, 0.25) is 0 Å². The molecule has 2 nitrogen and oxygen atoms in total. The summed E-state index contributed by atoms with van der Waals surface area (Å²) in [6.07, 6.45) is 8.85. The average Bonchev–Trinajstić information content (AvgIpc) is 2.35. The molecule has 2 heteroatoms. The van der Waals surface area contributed by atoms with E-state index in [4.69, 9.17) is 5.73 Å². The van der Waals surface area contributed by atoms with Gasteiger partial charge in [0.25, 0.3) is 0 Å². The molecule has 0 amide bonds. The maximum absolute atomic E-state index is 9.55. The van der Waals surface area contributed by atoms with E-state index in [1.54, 1.807) is 6.07 Å². The highest BCUT2D eigenvalue weighted by Gasteiger charge is 1.98. The van der Waals surface area contributed by atoms with Gasteiger partial charge in [-0.15, -0.1) is 0 Å². The van der Waals surface area contributed by atoms with Crippen molar-refractivity contribution in [3.8, 4) is 5.75 Å². The Morgan fingerprint density at radius 1 is 1.00 bits per heavy atom. The number of phenolic OH excluding ortho intramolecular Hbond substituents is 1. The summed E-state index contributed by atoms with van der Waals surface area (Å²) in [4.78, 5) is 0. The van der Waals surface area contributed by atoms with Crippen LogP contribution in [-0.4, -0.2) is 11.1 Å². The number of phenols is 1. The summed E-state index contributed by atoms with van der Waals surface area (Å²) in [6, 6.07) is 7.99. The fourth-order valence-corrected chi connectivity index (χ4v) is 1.82. The maximum atomic E-state index is 9.55. The van der Waals surface area contributed by atoms with Gasteiger partial charge in [0, 0.05) is 0 Å². The first kappa shape index (κ1) is 18.0. The molecule has 0 fully saturated rings. The smallest absolute Gasteiger partial charge is 0.118 e. The zero-order valence-corrected chi connectivity index (χ0v) is 12.9. The summed E-state index contributed by atoms with van der Waals surface area (Å²) in [6.45, 7) is 6.13. The Labute approximate surface area is 119 Å². The van der Waals surface area contributed by atoms with Crippen molar-refractivity contribution in [3.63, 3.8) is 0 Å². The van der Waals surface area contributed by atoms with Crippen molar-refractivity contribution in [2.75, 3.05) is 0 Å². The fraction of sp³-hybridized carbons (Fsp3) is 0.647. The summed E-state index contributed by atoms with van der Waals surface area (Å²) in [7, 11) is 0. The van der Waals surface area contributed by atoms with Crippen molar-refractivity contribution in [2.45, 2.75) is 71.8 Å². The number of rotatable bonds is 7. The third kappa shape index (κ3) is 11.8. The van der Waals surface area contributed by atoms with Gasteiger partial charge >= 0.3 is 0 Å². The van der Waals surface area contributed by atoms with Crippen LogP contribution in [0, 0.1) is 0 Å². The van der Waals surface area contributed by atoms with E-state index in [9.17, 15) is 5.11 Å². The predicted octanol–water partition coefficient (Wildman–Crippen LogP) is 4.65. The second kappa shape index (κ2) is 12.0. The highest BCUT2D eigenvalue weighted by molar-refractivity contribution is 5.31. The lowest BCUT2D eigenvalue weighted by Crippen LogP contribution is -2.06. The van der Waals surface area contributed by atoms with Crippen LogP contribution >= 0.6 is 0 Å². The number of aryl methyl sites for hydroxylation is 1. The van der Waals surface area contributed by atoms with Crippen LogP contribution in [0.1, 0.15) is 64.9 Å². The molecule has 1 aromatic rings. The quantitative estimate of drug-likeness (QED) is 0.705. The second-order valence-corrected chi connectivity index (χ2v) is 5.39. The Morgan fingerprint density at radius 3 is 2.11 bits per heavy atom. The normalized spacial score (nSPS) is 10.2. The molecule has 110 valence electrons. The van der Waals surface area contributed by atoms with Gasteiger partial charge in [0.15, 0.2) is 0 Å². The molecule has 0 saturated heterocycles. The van der Waals surface area contributed by atoms with E-state index >= 15 is 0 Å². The zero-order chi connectivity index (χ0) is 14.5. The Bertz CT molecular complexity index is 307. The summed E-state index contributed by atoms with van der Waals surface area (Å²) in [5.41, 5.74) is 6.20. The SMILES string of the molecule is CC(C)N.CCCCCCCCc1ccccc1O. The van der Waals surface area contributed by atoms with Gasteiger partial charge < -0.3 is 10.8 Å². The summed E-state index contributed by atoms with van der Waals surface area (Å²) in [5, 5.41) is 9.55. The van der Waals surface area contributed by atoms with Crippen molar-refractivity contribution >= 4 is 0 Å². The number of benzene rings is 1. The van der Waals surface area contributed by atoms with Crippen LogP contribution in [0.5, 0.6) is 5.75 Å². The molecule has 3 N–H and O–H groups in total. The molecule has 0 atom stereocenters. The van der Waals surface area contributed by atoms with Gasteiger partial charge in [-0.1, -0.05) is 71.1 Å². The van der Waals surface area contributed by atoms with Gasteiger partial charge in [-0.05, 0) is 30.5 Å². The molecule has 1 rings (SSSR count). The molecule has 0 spiro atoms. The van der Waals surface area contributed by atoms with Crippen LogP contribution in [0.4, 0.5) is 0 Å². The average molecular weight is 265 g/mol. The predicted molar refractivity (Wildman–Crippen MR) is 84.5 cm³/mol. The molecule has 0 bridgehead atoms. The van der Waals surface area contributed by atoms with Gasteiger partial charge in [0.1, 0.15) is 5.75 Å². The van der Waals surface area contributed by atoms with Crippen molar-refractivity contribution < 1.29 is 5.11 Å². The summed E-state index contributed by atoms with van der Waals surface area (Å²) < 4.78 is 0. The molecule has 1 aromatic carbocycles. The Morgan fingerprint density at radius 2 is 1.53 bits per heavy atom. The van der Waals surface area contributed by atoms with Crippen molar-refractivity contribution in [1.82, 2.24) is 0 Å². The molecule has 0 aliphatic carbocycles. The van der Waals surface area contributed by atoms with Crippen LogP contribution < -0.4 is 5.73 Å². The molecule has 19 heavy (non-hydrogen) atoms. The maximum Gasteiger partial charge on any atom is 0.118 e. The van der Waals surface area contributed by atoms with E-state index < -0.39 is 0 Å². The number of unbranched alkanes of at least 4 members (excludes halogenated alkanes) is 5. The molecule has 0 aliphatic heterocycles. The Kier molecular flexibility index (Phi) is 11.4. The minimum absolute atomic E-state index is 0.333. The number of hydrogen-bond donors (Lipinski definition) is 2. The lowest BCUT2D eigenvalue weighted by atomic mass is 10.0. The monoisotopic (exact) mass is 265 g/mol. The largest absolute Gasteiger partial charge is 0.508 e. The van der Waals surface area contributed by atoms with E-state index in [0.717, 1.165) is 12.0 Å². The lowest BCUT2D eigenvalue weighted by molar-refractivity contribution is 0.466. The minimum atomic E-state index is 0.333. The van der Waals surface area contributed by atoms with Crippen LogP contribution in [0.15, 0.2) is 24.3 Å². The first-order valence-corrected chi connectivity index (χ1v) is 7.60. The van der Waals surface area contributed by atoms with E-state index in [1.807, 2.05) is 32.0 Å². The topological polar surface area (TPSA) is 46.2 Å². The molecular formula is C17H31NO.